The molecule has 1 aromatic rings. The van der Waals surface area contributed by atoms with Crippen LogP contribution in [0.4, 0.5) is 11.8 Å². The molecule has 1 unspecified atom stereocenters. The van der Waals surface area contributed by atoms with Gasteiger partial charge in [0.1, 0.15) is 16.5 Å². The number of methoxy groups -OCH3 is 1. The molecule has 2 heterocycles. The van der Waals surface area contributed by atoms with E-state index >= 15 is 0 Å². The van der Waals surface area contributed by atoms with E-state index in [1.807, 2.05) is 4.90 Å². The number of hydrogen-bond acceptors (Lipinski definition) is 6. The molecule has 0 aliphatic carbocycles. The Morgan fingerprint density at radius 2 is 2.41 bits per heavy atom. The van der Waals surface area contributed by atoms with Crippen LogP contribution in [0.15, 0.2) is 10.7 Å². The van der Waals surface area contributed by atoms with Crippen LogP contribution in [0.5, 0.6) is 0 Å². The smallest absolute Gasteiger partial charge is 0.328 e. The predicted molar refractivity (Wildman–Crippen MR) is 66.5 cm³/mol. The first-order valence-electron chi connectivity index (χ1n) is 5.26. The maximum absolute atomic E-state index is 11.6. The SMILES string of the molecule is COC(=O)C1CCCN1c1nc(N)cc(Br)n1. The van der Waals surface area contributed by atoms with E-state index in [1.165, 1.54) is 7.11 Å². The third-order valence-electron chi connectivity index (χ3n) is 2.69. The highest BCUT2D eigenvalue weighted by molar-refractivity contribution is 9.10. The normalized spacial score (nSPS) is 19.4. The molecular weight excluding hydrogens is 288 g/mol. The second kappa shape index (κ2) is 4.87. The standard InChI is InChI=1S/C10H13BrN4O2/c1-17-9(16)6-3-2-4-15(6)10-13-7(11)5-8(12)14-10/h5-6H,2-4H2,1H3,(H2,12,13,14). The first-order chi connectivity index (χ1) is 8.11. The van der Waals surface area contributed by atoms with Gasteiger partial charge in [0.2, 0.25) is 5.95 Å². The van der Waals surface area contributed by atoms with E-state index in [9.17, 15) is 4.79 Å². The molecule has 0 radical (unpaired) electrons. The van der Waals surface area contributed by atoms with E-state index < -0.39 is 0 Å². The number of ether oxygens (including phenoxy) is 1. The Labute approximate surface area is 107 Å². The van der Waals surface area contributed by atoms with Crippen LogP contribution in [0, 0.1) is 0 Å². The summed E-state index contributed by atoms with van der Waals surface area (Å²) in [7, 11) is 1.38. The fraction of sp³-hybridized carbons (Fsp3) is 0.500. The van der Waals surface area contributed by atoms with Gasteiger partial charge in [-0.1, -0.05) is 0 Å². The van der Waals surface area contributed by atoms with Crippen LogP contribution >= 0.6 is 15.9 Å². The third-order valence-corrected chi connectivity index (χ3v) is 3.09. The Morgan fingerprint density at radius 1 is 1.65 bits per heavy atom. The second-order valence-electron chi connectivity index (χ2n) is 3.79. The molecule has 2 rings (SSSR count). The Morgan fingerprint density at radius 3 is 3.06 bits per heavy atom. The van der Waals surface area contributed by atoms with Crippen molar-refractivity contribution in [3.8, 4) is 0 Å². The molecule has 0 spiro atoms. The molecule has 1 aromatic heterocycles. The van der Waals surface area contributed by atoms with Crippen molar-refractivity contribution >= 4 is 33.7 Å². The van der Waals surface area contributed by atoms with E-state index in [2.05, 4.69) is 25.9 Å². The Balaban J connectivity index is 2.28. The molecular formula is C10H13BrN4O2. The number of rotatable bonds is 2. The number of nitrogens with zero attached hydrogens (tertiary/aromatic N) is 3. The minimum atomic E-state index is -0.311. The summed E-state index contributed by atoms with van der Waals surface area (Å²) in [4.78, 5) is 21.8. The first kappa shape index (κ1) is 12.1. The van der Waals surface area contributed by atoms with Crippen LogP contribution < -0.4 is 10.6 Å². The molecule has 1 aliphatic rings. The van der Waals surface area contributed by atoms with Crippen molar-refractivity contribution in [3.05, 3.63) is 10.7 Å². The van der Waals surface area contributed by atoms with Gasteiger partial charge in [-0.05, 0) is 28.8 Å². The fourth-order valence-corrected chi connectivity index (χ4v) is 2.33. The fourth-order valence-electron chi connectivity index (χ4n) is 1.94. The summed E-state index contributed by atoms with van der Waals surface area (Å²) in [5.41, 5.74) is 5.66. The van der Waals surface area contributed by atoms with Crippen LogP contribution in [0.2, 0.25) is 0 Å². The highest BCUT2D eigenvalue weighted by atomic mass is 79.9. The largest absolute Gasteiger partial charge is 0.467 e. The number of nitrogens with two attached hydrogens (primary N) is 1. The third kappa shape index (κ3) is 2.49. The molecule has 6 nitrogen and oxygen atoms in total. The van der Waals surface area contributed by atoms with Crippen molar-refractivity contribution in [2.75, 3.05) is 24.3 Å². The van der Waals surface area contributed by atoms with Crippen LogP contribution in [0.3, 0.4) is 0 Å². The molecule has 1 aliphatic heterocycles. The van der Waals surface area contributed by atoms with E-state index in [0.717, 1.165) is 19.4 Å². The van der Waals surface area contributed by atoms with Crippen molar-refractivity contribution in [3.63, 3.8) is 0 Å². The van der Waals surface area contributed by atoms with E-state index in [1.54, 1.807) is 6.07 Å². The lowest BCUT2D eigenvalue weighted by Gasteiger charge is -2.22. The maximum Gasteiger partial charge on any atom is 0.328 e. The first-order valence-corrected chi connectivity index (χ1v) is 6.05. The van der Waals surface area contributed by atoms with Crippen LogP contribution in [0.25, 0.3) is 0 Å². The van der Waals surface area contributed by atoms with Gasteiger partial charge in [0.15, 0.2) is 0 Å². The number of anilines is 2. The van der Waals surface area contributed by atoms with Gasteiger partial charge in [0.05, 0.1) is 7.11 Å². The average Bonchev–Trinajstić information content (AvgIpc) is 2.75. The predicted octanol–water partition coefficient (Wildman–Crippen LogP) is 0.963. The second-order valence-corrected chi connectivity index (χ2v) is 4.60. The van der Waals surface area contributed by atoms with Crippen molar-refractivity contribution in [2.45, 2.75) is 18.9 Å². The zero-order valence-electron chi connectivity index (χ0n) is 9.39. The lowest BCUT2D eigenvalue weighted by atomic mass is 10.2. The van der Waals surface area contributed by atoms with Crippen molar-refractivity contribution in [1.82, 2.24) is 9.97 Å². The van der Waals surface area contributed by atoms with Gasteiger partial charge < -0.3 is 15.4 Å². The summed E-state index contributed by atoms with van der Waals surface area (Å²) in [5.74, 6) is 0.576. The van der Waals surface area contributed by atoms with Crippen LogP contribution in [0.1, 0.15) is 12.8 Å². The molecule has 0 bridgehead atoms. The number of carbonyl (C=O) groups excluding carboxylic acids is 1. The number of hydrogen-bond donors (Lipinski definition) is 1. The summed E-state index contributed by atoms with van der Waals surface area (Å²) in [6.07, 6.45) is 1.66. The van der Waals surface area contributed by atoms with E-state index in [0.29, 0.717) is 16.4 Å². The molecule has 7 heteroatoms. The molecule has 1 atom stereocenters. The molecule has 0 saturated carbocycles. The van der Waals surface area contributed by atoms with Crippen LogP contribution in [-0.2, 0) is 9.53 Å². The zero-order valence-corrected chi connectivity index (χ0v) is 11.0. The molecule has 1 saturated heterocycles. The number of esters is 1. The topological polar surface area (TPSA) is 81.3 Å². The maximum atomic E-state index is 11.6. The van der Waals surface area contributed by atoms with Gasteiger partial charge in [-0.15, -0.1) is 0 Å². The molecule has 92 valence electrons. The molecule has 17 heavy (non-hydrogen) atoms. The van der Waals surface area contributed by atoms with Crippen molar-refractivity contribution in [1.29, 1.82) is 0 Å². The van der Waals surface area contributed by atoms with Crippen LogP contribution in [-0.4, -0.2) is 35.6 Å². The summed E-state index contributed by atoms with van der Waals surface area (Å²) in [5, 5.41) is 0. The van der Waals surface area contributed by atoms with E-state index in [-0.39, 0.29) is 12.0 Å². The summed E-state index contributed by atoms with van der Waals surface area (Å²) in [6, 6.07) is 1.31. The molecule has 0 aromatic carbocycles. The van der Waals surface area contributed by atoms with Gasteiger partial charge >= 0.3 is 5.97 Å². The van der Waals surface area contributed by atoms with Gasteiger partial charge in [0.25, 0.3) is 0 Å². The number of carbonyl (C=O) groups is 1. The highest BCUT2D eigenvalue weighted by Gasteiger charge is 2.33. The van der Waals surface area contributed by atoms with E-state index in [4.69, 9.17) is 10.5 Å². The minimum absolute atomic E-state index is 0.260. The summed E-state index contributed by atoms with van der Waals surface area (Å²) in [6.45, 7) is 0.732. The van der Waals surface area contributed by atoms with Crippen molar-refractivity contribution < 1.29 is 9.53 Å². The Kier molecular flexibility index (Phi) is 3.46. The average molecular weight is 301 g/mol. The highest BCUT2D eigenvalue weighted by Crippen LogP contribution is 2.25. The molecule has 2 N–H and O–H groups in total. The minimum Gasteiger partial charge on any atom is -0.467 e. The molecule has 1 fully saturated rings. The lowest BCUT2D eigenvalue weighted by Crippen LogP contribution is -2.38. The summed E-state index contributed by atoms with van der Waals surface area (Å²) >= 11 is 3.26. The molecule has 0 amide bonds. The quantitative estimate of drug-likeness (QED) is 0.647. The number of aromatic nitrogens is 2. The summed E-state index contributed by atoms with van der Waals surface area (Å²) < 4.78 is 5.37. The van der Waals surface area contributed by atoms with Gasteiger partial charge in [-0.25, -0.2) is 9.78 Å². The Bertz CT molecular complexity index is 420. The monoisotopic (exact) mass is 300 g/mol. The van der Waals surface area contributed by atoms with Gasteiger partial charge in [-0.3, -0.25) is 0 Å². The van der Waals surface area contributed by atoms with Gasteiger partial charge in [0, 0.05) is 12.6 Å². The van der Waals surface area contributed by atoms with Gasteiger partial charge in [-0.2, -0.15) is 4.98 Å². The zero-order chi connectivity index (χ0) is 12.4. The Hall–Kier alpha value is -1.37. The lowest BCUT2D eigenvalue weighted by molar-refractivity contribution is -0.141. The van der Waals surface area contributed by atoms with Crippen molar-refractivity contribution in [2.24, 2.45) is 0 Å². The number of halogens is 1. The number of nitrogen functional groups attached to an aromatic ring is 1.